The minimum absolute atomic E-state index is 0.217. The fraction of sp³-hybridized carbons (Fsp3) is 0.231. The van der Waals surface area contributed by atoms with Crippen molar-refractivity contribution in [2.45, 2.75) is 19.9 Å². The number of nitrogens with one attached hydrogen (secondary N) is 1. The number of hydrogen-bond acceptors (Lipinski definition) is 5. The highest BCUT2D eigenvalue weighted by molar-refractivity contribution is 7.11. The molecule has 0 aliphatic heterocycles. The predicted octanol–water partition coefficient (Wildman–Crippen LogP) is 1.80. The summed E-state index contributed by atoms with van der Waals surface area (Å²) in [4.78, 5) is 17.4. The van der Waals surface area contributed by atoms with Crippen molar-refractivity contribution in [3.63, 3.8) is 0 Å². The number of nitrogens with two attached hydrogens (primary N) is 2. The topological polar surface area (TPSA) is 94.0 Å². The third kappa shape index (κ3) is 3.23. The number of anilines is 2. The molecule has 0 aliphatic rings. The molecule has 1 aromatic carbocycles. The van der Waals surface area contributed by atoms with Crippen LogP contribution in [0.5, 0.6) is 0 Å². The van der Waals surface area contributed by atoms with Gasteiger partial charge in [0.25, 0.3) is 5.91 Å². The SMILES string of the molecule is CCc1cnc(CNC(=O)c2ccc(N)cc2N)s1. The van der Waals surface area contributed by atoms with Crippen LogP contribution in [-0.4, -0.2) is 10.9 Å². The van der Waals surface area contributed by atoms with E-state index in [2.05, 4.69) is 17.2 Å². The van der Waals surface area contributed by atoms with Crippen molar-refractivity contribution in [2.75, 3.05) is 11.5 Å². The van der Waals surface area contributed by atoms with Crippen LogP contribution in [0.2, 0.25) is 0 Å². The summed E-state index contributed by atoms with van der Waals surface area (Å²) in [6.45, 7) is 2.48. The van der Waals surface area contributed by atoms with Crippen LogP contribution in [0.25, 0.3) is 0 Å². The molecule has 2 rings (SSSR count). The van der Waals surface area contributed by atoms with Gasteiger partial charge >= 0.3 is 0 Å². The molecule has 1 aromatic heterocycles. The standard InChI is InChI=1S/C13H16N4OS/c1-2-9-6-16-12(19-9)7-17-13(18)10-4-3-8(14)5-11(10)15/h3-6H,2,7,14-15H2,1H3,(H,17,18). The highest BCUT2D eigenvalue weighted by Crippen LogP contribution is 2.16. The summed E-state index contributed by atoms with van der Waals surface area (Å²) in [7, 11) is 0. The Bertz CT molecular complexity index is 594. The van der Waals surface area contributed by atoms with E-state index >= 15 is 0 Å². The first-order chi connectivity index (χ1) is 9.10. The zero-order chi connectivity index (χ0) is 13.8. The number of amides is 1. The summed E-state index contributed by atoms with van der Waals surface area (Å²) in [5.41, 5.74) is 12.7. The number of benzene rings is 1. The van der Waals surface area contributed by atoms with Crippen molar-refractivity contribution in [1.82, 2.24) is 10.3 Å². The van der Waals surface area contributed by atoms with Gasteiger partial charge in [0.15, 0.2) is 0 Å². The number of aryl methyl sites for hydroxylation is 1. The molecule has 6 heteroatoms. The smallest absolute Gasteiger partial charge is 0.253 e. The van der Waals surface area contributed by atoms with E-state index in [-0.39, 0.29) is 5.91 Å². The van der Waals surface area contributed by atoms with Gasteiger partial charge in [0.1, 0.15) is 5.01 Å². The van der Waals surface area contributed by atoms with Crippen molar-refractivity contribution in [3.05, 3.63) is 39.8 Å². The monoisotopic (exact) mass is 276 g/mol. The van der Waals surface area contributed by atoms with Gasteiger partial charge in [-0.1, -0.05) is 6.92 Å². The van der Waals surface area contributed by atoms with E-state index in [9.17, 15) is 4.79 Å². The van der Waals surface area contributed by atoms with Gasteiger partial charge in [-0.2, -0.15) is 0 Å². The third-order valence-electron chi connectivity index (χ3n) is 2.67. The molecule has 0 bridgehead atoms. The van der Waals surface area contributed by atoms with E-state index in [4.69, 9.17) is 11.5 Å². The minimum atomic E-state index is -0.217. The van der Waals surface area contributed by atoms with Crippen LogP contribution in [0.15, 0.2) is 24.4 Å². The number of nitrogen functional groups attached to an aromatic ring is 2. The summed E-state index contributed by atoms with van der Waals surface area (Å²) in [5.74, 6) is -0.217. The van der Waals surface area contributed by atoms with Crippen molar-refractivity contribution in [3.8, 4) is 0 Å². The molecule has 0 radical (unpaired) electrons. The molecule has 0 spiro atoms. The molecule has 19 heavy (non-hydrogen) atoms. The second-order valence-corrected chi connectivity index (χ2v) is 5.30. The predicted molar refractivity (Wildman–Crippen MR) is 77.9 cm³/mol. The van der Waals surface area contributed by atoms with Crippen LogP contribution in [0.1, 0.15) is 27.2 Å². The van der Waals surface area contributed by atoms with Crippen LogP contribution in [0, 0.1) is 0 Å². The Morgan fingerprint density at radius 3 is 2.84 bits per heavy atom. The Kier molecular flexibility index (Phi) is 4.01. The number of aromatic nitrogens is 1. The lowest BCUT2D eigenvalue weighted by Gasteiger charge is -2.06. The average Bonchev–Trinajstić information content (AvgIpc) is 2.84. The van der Waals surface area contributed by atoms with Gasteiger partial charge in [0, 0.05) is 22.4 Å². The molecule has 0 saturated carbocycles. The summed E-state index contributed by atoms with van der Waals surface area (Å²) in [5, 5.41) is 3.69. The quantitative estimate of drug-likeness (QED) is 0.742. The molecule has 0 fully saturated rings. The molecule has 5 nitrogen and oxygen atoms in total. The lowest BCUT2D eigenvalue weighted by Crippen LogP contribution is -2.23. The lowest BCUT2D eigenvalue weighted by atomic mass is 10.1. The summed E-state index contributed by atoms with van der Waals surface area (Å²) in [6.07, 6.45) is 2.79. The normalized spacial score (nSPS) is 10.4. The first-order valence-corrected chi connectivity index (χ1v) is 6.78. The van der Waals surface area contributed by atoms with Crippen LogP contribution in [-0.2, 0) is 13.0 Å². The average molecular weight is 276 g/mol. The highest BCUT2D eigenvalue weighted by Gasteiger charge is 2.10. The van der Waals surface area contributed by atoms with Gasteiger partial charge < -0.3 is 16.8 Å². The molecule has 5 N–H and O–H groups in total. The summed E-state index contributed by atoms with van der Waals surface area (Å²) in [6, 6.07) is 4.86. The third-order valence-corrected chi connectivity index (χ3v) is 3.81. The van der Waals surface area contributed by atoms with Crippen molar-refractivity contribution in [1.29, 1.82) is 0 Å². The number of rotatable bonds is 4. The lowest BCUT2D eigenvalue weighted by molar-refractivity contribution is 0.0952. The number of carbonyl (C=O) groups excluding carboxylic acids is 1. The summed E-state index contributed by atoms with van der Waals surface area (Å²) >= 11 is 1.60. The maximum absolute atomic E-state index is 12.0. The Morgan fingerprint density at radius 2 is 2.21 bits per heavy atom. The Balaban J connectivity index is 2.01. The Hall–Kier alpha value is -2.08. The molecule has 1 heterocycles. The number of nitrogens with zero attached hydrogens (tertiary/aromatic N) is 1. The van der Waals surface area contributed by atoms with E-state index in [0.29, 0.717) is 23.5 Å². The van der Waals surface area contributed by atoms with Gasteiger partial charge in [-0.05, 0) is 24.6 Å². The van der Waals surface area contributed by atoms with Gasteiger partial charge in [-0.3, -0.25) is 4.79 Å². The van der Waals surface area contributed by atoms with Gasteiger partial charge in [-0.15, -0.1) is 11.3 Å². The van der Waals surface area contributed by atoms with Crippen LogP contribution < -0.4 is 16.8 Å². The molecule has 2 aromatic rings. The first-order valence-electron chi connectivity index (χ1n) is 5.97. The van der Waals surface area contributed by atoms with Gasteiger partial charge in [0.05, 0.1) is 12.1 Å². The number of hydrogen-bond donors (Lipinski definition) is 3. The molecule has 1 amide bonds. The first kappa shape index (κ1) is 13.4. The zero-order valence-corrected chi connectivity index (χ0v) is 11.5. The van der Waals surface area contributed by atoms with Crippen LogP contribution in [0.3, 0.4) is 0 Å². The number of carbonyl (C=O) groups is 1. The van der Waals surface area contributed by atoms with Crippen molar-refractivity contribution >= 4 is 28.6 Å². The maximum atomic E-state index is 12.0. The van der Waals surface area contributed by atoms with Gasteiger partial charge in [0.2, 0.25) is 0 Å². The van der Waals surface area contributed by atoms with Crippen LogP contribution in [0.4, 0.5) is 11.4 Å². The van der Waals surface area contributed by atoms with E-state index in [1.54, 1.807) is 29.5 Å². The van der Waals surface area contributed by atoms with Crippen LogP contribution >= 0.6 is 11.3 Å². The van der Waals surface area contributed by atoms with E-state index in [1.165, 1.54) is 4.88 Å². The Morgan fingerprint density at radius 1 is 1.42 bits per heavy atom. The summed E-state index contributed by atoms with van der Waals surface area (Å²) < 4.78 is 0. The zero-order valence-electron chi connectivity index (χ0n) is 10.6. The Labute approximate surface area is 115 Å². The number of thiazole rings is 1. The molecule has 0 aliphatic carbocycles. The van der Waals surface area contributed by atoms with Crippen molar-refractivity contribution < 1.29 is 4.79 Å². The second kappa shape index (κ2) is 5.71. The molecule has 0 unspecified atom stereocenters. The van der Waals surface area contributed by atoms with Gasteiger partial charge in [-0.25, -0.2) is 4.98 Å². The molecule has 0 saturated heterocycles. The van der Waals surface area contributed by atoms with E-state index in [0.717, 1.165) is 11.4 Å². The van der Waals surface area contributed by atoms with E-state index < -0.39 is 0 Å². The van der Waals surface area contributed by atoms with Crippen molar-refractivity contribution in [2.24, 2.45) is 0 Å². The molecule has 100 valence electrons. The fourth-order valence-corrected chi connectivity index (χ4v) is 2.43. The van der Waals surface area contributed by atoms with E-state index in [1.807, 2.05) is 6.20 Å². The largest absolute Gasteiger partial charge is 0.399 e. The minimum Gasteiger partial charge on any atom is -0.399 e. The maximum Gasteiger partial charge on any atom is 0.253 e. The fourth-order valence-electron chi connectivity index (χ4n) is 1.63. The second-order valence-electron chi connectivity index (χ2n) is 4.10. The molecular formula is C13H16N4OS. The molecular weight excluding hydrogens is 260 g/mol. The molecule has 0 atom stereocenters. The highest BCUT2D eigenvalue weighted by atomic mass is 32.1.